The van der Waals surface area contributed by atoms with Crippen LogP contribution in [0.1, 0.15) is 12.5 Å². The van der Waals surface area contributed by atoms with Crippen LogP contribution in [0.25, 0.3) is 11.1 Å². The van der Waals surface area contributed by atoms with Crippen molar-refractivity contribution in [2.24, 2.45) is 4.99 Å². The molecule has 3 aromatic carbocycles. The van der Waals surface area contributed by atoms with Crippen LogP contribution in [0.3, 0.4) is 0 Å². The molecule has 1 aliphatic rings. The van der Waals surface area contributed by atoms with Crippen LogP contribution >= 0.6 is 0 Å². The molecule has 4 nitrogen and oxygen atoms in total. The number of likely N-dealkylation sites (N-methyl/N-ethyl adjacent to an activating group) is 1. The highest BCUT2D eigenvalue weighted by atomic mass is 16.5. The number of hydrogen-bond acceptors (Lipinski definition) is 4. The molecule has 0 radical (unpaired) electrons. The summed E-state index contributed by atoms with van der Waals surface area (Å²) in [5.41, 5.74) is 11.3. The number of nitrogens with zero attached hydrogens (tertiary/aromatic N) is 2. The first-order valence-electron chi connectivity index (χ1n) is 9.70. The van der Waals surface area contributed by atoms with Crippen molar-refractivity contribution in [1.29, 1.82) is 0 Å². The van der Waals surface area contributed by atoms with Crippen LogP contribution < -0.4 is 10.6 Å². The lowest BCUT2D eigenvalue weighted by Gasteiger charge is -2.25. The van der Waals surface area contributed by atoms with E-state index in [9.17, 15) is 0 Å². The number of ether oxygens (including phenoxy) is 1. The monoisotopic (exact) mass is 371 g/mol. The molecule has 0 saturated carbocycles. The van der Waals surface area contributed by atoms with Crippen molar-refractivity contribution >= 4 is 17.3 Å². The Labute approximate surface area is 166 Å². The van der Waals surface area contributed by atoms with Crippen LogP contribution in [0, 0.1) is 0 Å². The lowest BCUT2D eigenvalue weighted by atomic mass is 10.1. The highest BCUT2D eigenvalue weighted by Gasteiger charge is 2.23. The van der Waals surface area contributed by atoms with E-state index in [1.54, 1.807) is 0 Å². The SMILES string of the molecule is CCN(C[C@H]1COC(c2ccccc2N)=N1)c1ccc(-c2ccccc2)cc1. The number of rotatable bonds is 6. The van der Waals surface area contributed by atoms with Gasteiger partial charge in [0, 0.05) is 24.5 Å². The molecular weight excluding hydrogens is 346 g/mol. The van der Waals surface area contributed by atoms with Crippen LogP contribution in [0.15, 0.2) is 83.9 Å². The summed E-state index contributed by atoms with van der Waals surface area (Å²) in [6.45, 7) is 4.49. The maximum Gasteiger partial charge on any atom is 0.218 e. The Balaban J connectivity index is 1.47. The van der Waals surface area contributed by atoms with Gasteiger partial charge in [-0.25, -0.2) is 4.99 Å². The van der Waals surface area contributed by atoms with Crippen molar-refractivity contribution in [2.75, 3.05) is 30.3 Å². The molecule has 3 aromatic rings. The molecule has 0 unspecified atom stereocenters. The minimum atomic E-state index is 0.100. The predicted molar refractivity (Wildman–Crippen MR) is 117 cm³/mol. The number of hydrogen-bond donors (Lipinski definition) is 1. The fourth-order valence-corrected chi connectivity index (χ4v) is 3.51. The van der Waals surface area contributed by atoms with E-state index in [4.69, 9.17) is 15.5 Å². The van der Waals surface area contributed by atoms with Gasteiger partial charge in [0.05, 0.1) is 5.56 Å². The van der Waals surface area contributed by atoms with Gasteiger partial charge in [-0.3, -0.25) is 0 Å². The van der Waals surface area contributed by atoms with E-state index in [0.717, 1.165) is 18.7 Å². The van der Waals surface area contributed by atoms with Gasteiger partial charge in [-0.1, -0.05) is 54.6 Å². The third kappa shape index (κ3) is 3.86. The van der Waals surface area contributed by atoms with Crippen LogP contribution in [0.5, 0.6) is 0 Å². The molecular formula is C24H25N3O. The van der Waals surface area contributed by atoms with E-state index in [1.807, 2.05) is 30.3 Å². The Bertz CT molecular complexity index is 951. The van der Waals surface area contributed by atoms with Crippen molar-refractivity contribution in [3.8, 4) is 11.1 Å². The summed E-state index contributed by atoms with van der Waals surface area (Å²) < 4.78 is 5.83. The minimum absolute atomic E-state index is 0.100. The second-order valence-corrected chi connectivity index (χ2v) is 6.94. The van der Waals surface area contributed by atoms with Crippen LogP contribution in [-0.4, -0.2) is 31.6 Å². The minimum Gasteiger partial charge on any atom is -0.475 e. The summed E-state index contributed by atoms with van der Waals surface area (Å²) in [5, 5.41) is 0. The quantitative estimate of drug-likeness (QED) is 0.644. The first kappa shape index (κ1) is 18.1. The Morgan fingerprint density at radius 3 is 2.32 bits per heavy atom. The summed E-state index contributed by atoms with van der Waals surface area (Å²) in [6.07, 6.45) is 0. The Kier molecular flexibility index (Phi) is 5.29. The number of aliphatic imine (C=N–C) groups is 1. The first-order chi connectivity index (χ1) is 13.7. The Hall–Kier alpha value is -3.27. The van der Waals surface area contributed by atoms with E-state index in [0.29, 0.717) is 18.2 Å². The van der Waals surface area contributed by atoms with E-state index >= 15 is 0 Å². The molecule has 1 aliphatic heterocycles. The molecule has 0 spiro atoms. The standard InChI is InChI=1S/C24H25N3O/c1-2-27(21-14-12-19(13-15-21)18-8-4-3-5-9-18)16-20-17-28-24(26-20)22-10-6-7-11-23(22)25/h3-15,20H,2,16-17,25H2,1H3/t20-/m0/s1. The van der Waals surface area contributed by atoms with E-state index in [-0.39, 0.29) is 6.04 Å². The fourth-order valence-electron chi connectivity index (χ4n) is 3.51. The van der Waals surface area contributed by atoms with E-state index < -0.39 is 0 Å². The van der Waals surface area contributed by atoms with Gasteiger partial charge in [0.15, 0.2) is 0 Å². The third-order valence-corrected chi connectivity index (χ3v) is 5.06. The number of nitrogens with two attached hydrogens (primary N) is 1. The third-order valence-electron chi connectivity index (χ3n) is 5.06. The Morgan fingerprint density at radius 1 is 0.929 bits per heavy atom. The molecule has 4 rings (SSSR count). The summed E-state index contributed by atoms with van der Waals surface area (Å²) in [7, 11) is 0. The summed E-state index contributed by atoms with van der Waals surface area (Å²) in [5.74, 6) is 0.651. The molecule has 0 bridgehead atoms. The first-order valence-corrected chi connectivity index (χ1v) is 9.70. The van der Waals surface area contributed by atoms with Gasteiger partial charge < -0.3 is 15.4 Å². The highest BCUT2D eigenvalue weighted by molar-refractivity contribution is 5.99. The second-order valence-electron chi connectivity index (χ2n) is 6.94. The molecule has 4 heteroatoms. The zero-order valence-corrected chi connectivity index (χ0v) is 16.1. The lowest BCUT2D eigenvalue weighted by Crippen LogP contribution is -2.32. The van der Waals surface area contributed by atoms with Gasteiger partial charge in [-0.2, -0.15) is 0 Å². The smallest absolute Gasteiger partial charge is 0.218 e. The highest BCUT2D eigenvalue weighted by Crippen LogP contribution is 2.24. The molecule has 1 heterocycles. The normalized spacial score (nSPS) is 15.8. The molecule has 0 aliphatic carbocycles. The summed E-state index contributed by atoms with van der Waals surface area (Å²) >= 11 is 0. The van der Waals surface area contributed by atoms with Crippen molar-refractivity contribution in [3.05, 3.63) is 84.4 Å². The maximum absolute atomic E-state index is 6.06. The average molecular weight is 371 g/mol. The van der Waals surface area contributed by atoms with Crippen LogP contribution in [0.4, 0.5) is 11.4 Å². The van der Waals surface area contributed by atoms with Gasteiger partial charge in [0.25, 0.3) is 0 Å². The number of para-hydroxylation sites is 1. The summed E-state index contributed by atoms with van der Waals surface area (Å²) in [6, 6.07) is 27.0. The van der Waals surface area contributed by atoms with E-state index in [1.165, 1.54) is 16.8 Å². The largest absolute Gasteiger partial charge is 0.475 e. The summed E-state index contributed by atoms with van der Waals surface area (Å²) in [4.78, 5) is 7.11. The molecule has 142 valence electrons. The zero-order valence-electron chi connectivity index (χ0n) is 16.1. The number of benzene rings is 3. The van der Waals surface area contributed by atoms with Crippen LogP contribution in [0.2, 0.25) is 0 Å². The van der Waals surface area contributed by atoms with Gasteiger partial charge in [0.2, 0.25) is 5.90 Å². The molecule has 0 saturated heterocycles. The molecule has 2 N–H and O–H groups in total. The van der Waals surface area contributed by atoms with Gasteiger partial charge in [0.1, 0.15) is 12.6 Å². The average Bonchev–Trinajstić information content (AvgIpc) is 3.21. The predicted octanol–water partition coefficient (Wildman–Crippen LogP) is 4.61. The molecule has 0 aromatic heterocycles. The topological polar surface area (TPSA) is 50.9 Å². The van der Waals surface area contributed by atoms with Gasteiger partial charge in [-0.15, -0.1) is 0 Å². The maximum atomic E-state index is 6.06. The van der Waals surface area contributed by atoms with Crippen molar-refractivity contribution < 1.29 is 4.74 Å². The molecule has 0 amide bonds. The van der Waals surface area contributed by atoms with Crippen molar-refractivity contribution in [2.45, 2.75) is 13.0 Å². The molecule has 0 fully saturated rings. The van der Waals surface area contributed by atoms with Gasteiger partial charge in [-0.05, 0) is 42.3 Å². The van der Waals surface area contributed by atoms with Gasteiger partial charge >= 0.3 is 0 Å². The van der Waals surface area contributed by atoms with Crippen molar-refractivity contribution in [1.82, 2.24) is 0 Å². The second kappa shape index (κ2) is 8.17. The van der Waals surface area contributed by atoms with Crippen molar-refractivity contribution in [3.63, 3.8) is 0 Å². The lowest BCUT2D eigenvalue weighted by molar-refractivity contribution is 0.318. The van der Waals surface area contributed by atoms with Crippen LogP contribution in [-0.2, 0) is 4.74 Å². The Morgan fingerprint density at radius 2 is 1.61 bits per heavy atom. The molecule has 28 heavy (non-hydrogen) atoms. The zero-order chi connectivity index (χ0) is 19.3. The number of nitrogen functional groups attached to an aromatic ring is 1. The fraction of sp³-hybridized carbons (Fsp3) is 0.208. The molecule has 1 atom stereocenters. The number of anilines is 2. The van der Waals surface area contributed by atoms with E-state index in [2.05, 4.69) is 60.4 Å².